The highest BCUT2D eigenvalue weighted by molar-refractivity contribution is 6.18. The number of anilines is 1. The molecule has 1 aromatic carbocycles. The molecule has 0 radical (unpaired) electrons. The van der Waals surface area contributed by atoms with E-state index in [-0.39, 0.29) is 12.8 Å². The van der Waals surface area contributed by atoms with Gasteiger partial charge in [0.05, 0.1) is 19.8 Å². The van der Waals surface area contributed by atoms with Crippen LogP contribution in [-0.2, 0) is 16.0 Å². The predicted octanol–water partition coefficient (Wildman–Crippen LogP) is 2.62. The van der Waals surface area contributed by atoms with Crippen LogP contribution in [0.3, 0.4) is 0 Å². The summed E-state index contributed by atoms with van der Waals surface area (Å²) >= 11 is 11.7. The van der Waals surface area contributed by atoms with Crippen LogP contribution in [0, 0.1) is 0 Å². The normalized spacial score (nSPS) is 22.6. The quantitative estimate of drug-likeness (QED) is 0.299. The number of alkyl halides is 2. The van der Waals surface area contributed by atoms with Crippen LogP contribution in [-0.4, -0.2) is 78.8 Å². The number of hydroxylamine groups is 2. The lowest BCUT2D eigenvalue weighted by Crippen LogP contribution is -2.48. The Kier molecular flexibility index (Phi) is 10.9. The van der Waals surface area contributed by atoms with Crippen molar-refractivity contribution in [3.05, 3.63) is 29.8 Å². The minimum absolute atomic E-state index is 0.127. The Morgan fingerprint density at radius 3 is 2.29 bits per heavy atom. The van der Waals surface area contributed by atoms with Crippen LogP contribution in [0.2, 0.25) is 0 Å². The number of ether oxygens (including phenoxy) is 1. The summed E-state index contributed by atoms with van der Waals surface area (Å²) in [6, 6.07) is 8.55. The molecule has 1 fully saturated rings. The van der Waals surface area contributed by atoms with Crippen molar-refractivity contribution >= 4 is 28.9 Å². The molecule has 0 spiro atoms. The van der Waals surface area contributed by atoms with Crippen molar-refractivity contribution in [1.29, 1.82) is 0 Å². The molecule has 1 aliphatic heterocycles. The average molecular weight is 435 g/mol. The number of aryl methyl sites for hydroxylation is 1. The van der Waals surface area contributed by atoms with Crippen LogP contribution in [0.15, 0.2) is 24.3 Å². The second-order valence-corrected chi connectivity index (χ2v) is 7.73. The lowest BCUT2D eigenvalue weighted by atomic mass is 10.1. The van der Waals surface area contributed by atoms with Gasteiger partial charge in [0.15, 0.2) is 0 Å². The van der Waals surface area contributed by atoms with Gasteiger partial charge in [-0.2, -0.15) is 5.06 Å². The maximum absolute atomic E-state index is 9.81. The molecular formula is C20H32Cl2N2O4. The zero-order chi connectivity index (χ0) is 20.4. The lowest BCUT2D eigenvalue weighted by Gasteiger charge is -2.36. The molecule has 1 unspecified atom stereocenters. The van der Waals surface area contributed by atoms with Crippen molar-refractivity contribution in [3.63, 3.8) is 0 Å². The maximum Gasteiger partial charge on any atom is 0.135 e. The van der Waals surface area contributed by atoms with Crippen LogP contribution in [0.1, 0.15) is 24.8 Å². The molecule has 1 aliphatic rings. The number of rotatable bonds is 12. The molecule has 0 aromatic heterocycles. The number of aliphatic hydroxyl groups is 2. The molecule has 28 heavy (non-hydrogen) atoms. The van der Waals surface area contributed by atoms with E-state index in [0.717, 1.165) is 38.0 Å². The second kappa shape index (κ2) is 12.9. The summed E-state index contributed by atoms with van der Waals surface area (Å²) in [6.45, 7) is 2.41. The smallest absolute Gasteiger partial charge is 0.135 e. The van der Waals surface area contributed by atoms with Crippen LogP contribution in [0.5, 0.6) is 0 Å². The van der Waals surface area contributed by atoms with Gasteiger partial charge in [0.1, 0.15) is 12.3 Å². The van der Waals surface area contributed by atoms with E-state index in [9.17, 15) is 10.2 Å². The standard InChI is InChI=1S/C20H32Cl2N2O4/c1-27-24(20-14-18(25)19(26)15-28-20)11-3-2-4-16-5-7-17(8-6-16)23(12-9-21)13-10-22/h5-8,18-20,25-26H,2-4,9-15H2,1H3/t18-,19+,20?/m0/s1. The summed E-state index contributed by atoms with van der Waals surface area (Å²) in [4.78, 5) is 7.59. The molecule has 3 atom stereocenters. The van der Waals surface area contributed by atoms with Gasteiger partial charge in [-0.05, 0) is 37.0 Å². The molecule has 1 heterocycles. The summed E-state index contributed by atoms with van der Waals surface area (Å²) < 4.78 is 5.57. The SMILES string of the molecule is CON(CCCCc1ccc(N(CCCl)CCCl)cc1)C1C[C@H](O)[C@H](O)CO1. The number of nitrogens with zero attached hydrogens (tertiary/aromatic N) is 2. The van der Waals surface area contributed by atoms with Gasteiger partial charge < -0.3 is 19.8 Å². The van der Waals surface area contributed by atoms with Gasteiger partial charge in [-0.3, -0.25) is 4.84 Å². The fraction of sp³-hybridized carbons (Fsp3) is 0.700. The first-order chi connectivity index (χ1) is 13.6. The van der Waals surface area contributed by atoms with Gasteiger partial charge >= 0.3 is 0 Å². The molecule has 0 aliphatic carbocycles. The Balaban J connectivity index is 1.75. The van der Waals surface area contributed by atoms with Crippen LogP contribution < -0.4 is 4.90 Å². The molecule has 0 bridgehead atoms. The van der Waals surface area contributed by atoms with Gasteiger partial charge in [0, 0.05) is 43.5 Å². The zero-order valence-corrected chi connectivity index (χ0v) is 18.0. The van der Waals surface area contributed by atoms with Crippen molar-refractivity contribution in [3.8, 4) is 0 Å². The van der Waals surface area contributed by atoms with Crippen LogP contribution in [0.25, 0.3) is 0 Å². The average Bonchev–Trinajstić information content (AvgIpc) is 2.71. The highest BCUT2D eigenvalue weighted by Crippen LogP contribution is 2.20. The van der Waals surface area contributed by atoms with Crippen molar-refractivity contribution in [2.75, 3.05) is 50.0 Å². The van der Waals surface area contributed by atoms with Crippen molar-refractivity contribution in [1.82, 2.24) is 5.06 Å². The second-order valence-electron chi connectivity index (χ2n) is 6.97. The number of unbranched alkanes of at least 4 members (excludes halogenated alkanes) is 1. The van der Waals surface area contributed by atoms with Gasteiger partial charge in [-0.25, -0.2) is 0 Å². The Morgan fingerprint density at radius 1 is 1.04 bits per heavy atom. The van der Waals surface area contributed by atoms with Crippen molar-refractivity contribution in [2.24, 2.45) is 0 Å². The van der Waals surface area contributed by atoms with E-state index in [4.69, 9.17) is 32.8 Å². The summed E-state index contributed by atoms with van der Waals surface area (Å²) in [7, 11) is 1.60. The summed E-state index contributed by atoms with van der Waals surface area (Å²) in [5.41, 5.74) is 2.43. The van der Waals surface area contributed by atoms with Crippen LogP contribution in [0.4, 0.5) is 5.69 Å². The molecule has 160 valence electrons. The van der Waals surface area contributed by atoms with Crippen molar-refractivity contribution in [2.45, 2.75) is 44.1 Å². The molecule has 8 heteroatoms. The van der Waals surface area contributed by atoms with E-state index < -0.39 is 12.2 Å². The molecule has 1 saturated heterocycles. The van der Waals surface area contributed by atoms with Crippen molar-refractivity contribution < 1.29 is 19.8 Å². The van der Waals surface area contributed by atoms with E-state index in [0.29, 0.717) is 24.7 Å². The first-order valence-electron chi connectivity index (χ1n) is 9.83. The highest BCUT2D eigenvalue weighted by atomic mass is 35.5. The maximum atomic E-state index is 9.81. The van der Waals surface area contributed by atoms with Gasteiger partial charge in [0.2, 0.25) is 0 Å². The molecule has 0 saturated carbocycles. The first kappa shape index (κ1) is 23.7. The molecular weight excluding hydrogens is 403 g/mol. The predicted molar refractivity (Wildman–Crippen MR) is 113 cm³/mol. The highest BCUT2D eigenvalue weighted by Gasteiger charge is 2.32. The Bertz CT molecular complexity index is 544. The Hall–Kier alpha value is -0.600. The minimum atomic E-state index is -0.817. The zero-order valence-electron chi connectivity index (χ0n) is 16.5. The van der Waals surface area contributed by atoms with Crippen LogP contribution >= 0.6 is 23.2 Å². The fourth-order valence-electron chi connectivity index (χ4n) is 3.35. The fourth-order valence-corrected chi connectivity index (χ4v) is 3.76. The number of halogens is 2. The van der Waals surface area contributed by atoms with E-state index >= 15 is 0 Å². The van der Waals surface area contributed by atoms with E-state index in [1.165, 1.54) is 5.56 Å². The lowest BCUT2D eigenvalue weighted by molar-refractivity contribution is -0.271. The first-order valence-corrected chi connectivity index (χ1v) is 10.9. The summed E-state index contributed by atoms with van der Waals surface area (Å²) in [5, 5.41) is 21.1. The number of aliphatic hydroxyl groups excluding tert-OH is 2. The third kappa shape index (κ3) is 7.34. The Morgan fingerprint density at radius 2 is 1.71 bits per heavy atom. The van der Waals surface area contributed by atoms with E-state index in [2.05, 4.69) is 29.2 Å². The Labute approximate surface area is 177 Å². The van der Waals surface area contributed by atoms with E-state index in [1.54, 1.807) is 12.2 Å². The third-order valence-electron chi connectivity index (χ3n) is 5.01. The number of hydrogen-bond donors (Lipinski definition) is 2. The van der Waals surface area contributed by atoms with E-state index in [1.807, 2.05) is 0 Å². The molecule has 1 aromatic rings. The third-order valence-corrected chi connectivity index (χ3v) is 5.34. The topological polar surface area (TPSA) is 65.4 Å². The number of benzene rings is 1. The molecule has 2 N–H and O–H groups in total. The van der Waals surface area contributed by atoms with Gasteiger partial charge in [-0.15, -0.1) is 23.2 Å². The monoisotopic (exact) mass is 434 g/mol. The summed E-state index contributed by atoms with van der Waals surface area (Å²) in [5.74, 6) is 1.16. The van der Waals surface area contributed by atoms with Gasteiger partial charge in [-0.1, -0.05) is 12.1 Å². The molecule has 0 amide bonds. The molecule has 6 nitrogen and oxygen atoms in total. The largest absolute Gasteiger partial charge is 0.390 e. The molecule has 2 rings (SSSR count). The van der Waals surface area contributed by atoms with Gasteiger partial charge in [0.25, 0.3) is 0 Å². The summed E-state index contributed by atoms with van der Waals surface area (Å²) in [6.07, 6.45) is 1.38. The minimum Gasteiger partial charge on any atom is -0.390 e. The number of hydrogen-bond acceptors (Lipinski definition) is 6.